The summed E-state index contributed by atoms with van der Waals surface area (Å²) in [5, 5.41) is 3.92. The summed E-state index contributed by atoms with van der Waals surface area (Å²) in [7, 11) is 0. The molecule has 1 atom stereocenters. The lowest BCUT2D eigenvalue weighted by atomic mass is 9.77. The topological polar surface area (TPSA) is 60.2 Å². The second kappa shape index (κ2) is 7.03. The number of carbonyl (C=O) groups is 1. The zero-order chi connectivity index (χ0) is 19.0. The SMILES string of the molecule is CC1CCC2(CC1)OCCN([C@@H](C)c1ccc(-n3cc(F)cn3)nc1)C2=O. The summed E-state index contributed by atoms with van der Waals surface area (Å²) in [5.41, 5.74) is 0.305. The minimum absolute atomic E-state index is 0.0893. The summed E-state index contributed by atoms with van der Waals surface area (Å²) in [6.45, 7) is 5.41. The molecule has 1 aliphatic heterocycles. The largest absolute Gasteiger partial charge is 0.363 e. The van der Waals surface area contributed by atoms with E-state index < -0.39 is 11.4 Å². The normalized spacial score (nSPS) is 27.1. The molecular weight excluding hydrogens is 347 g/mol. The number of pyridine rings is 1. The highest BCUT2D eigenvalue weighted by Gasteiger charge is 2.48. The molecule has 27 heavy (non-hydrogen) atoms. The van der Waals surface area contributed by atoms with E-state index in [1.807, 2.05) is 17.9 Å². The first kappa shape index (κ1) is 18.1. The van der Waals surface area contributed by atoms with Crippen molar-refractivity contribution in [3.8, 4) is 5.82 Å². The van der Waals surface area contributed by atoms with Gasteiger partial charge in [0.1, 0.15) is 5.60 Å². The lowest BCUT2D eigenvalue weighted by Gasteiger charge is -2.46. The summed E-state index contributed by atoms with van der Waals surface area (Å²) in [5.74, 6) is 0.899. The molecule has 0 N–H and O–H groups in total. The standard InChI is InChI=1S/C20H25FN4O2/c1-14-5-7-20(8-6-14)19(26)24(9-10-27-20)15(2)16-3-4-18(22-11-16)25-13-17(21)12-23-25/h3-4,11-15H,5-10H2,1-2H3/t14?,15-,20?/m0/s1. The molecule has 0 aromatic carbocycles. The molecular formula is C20H25FN4O2. The Labute approximate surface area is 158 Å². The van der Waals surface area contributed by atoms with Crippen molar-refractivity contribution in [1.82, 2.24) is 19.7 Å². The minimum atomic E-state index is -0.640. The van der Waals surface area contributed by atoms with Gasteiger partial charge in [0.25, 0.3) is 5.91 Å². The van der Waals surface area contributed by atoms with Gasteiger partial charge in [-0.2, -0.15) is 5.10 Å². The van der Waals surface area contributed by atoms with Gasteiger partial charge in [-0.15, -0.1) is 0 Å². The third-order valence-corrected chi connectivity index (χ3v) is 5.95. The highest BCUT2D eigenvalue weighted by molar-refractivity contribution is 5.86. The van der Waals surface area contributed by atoms with Crippen LogP contribution >= 0.6 is 0 Å². The van der Waals surface area contributed by atoms with Crippen molar-refractivity contribution in [2.75, 3.05) is 13.2 Å². The molecule has 4 rings (SSSR count). The first-order chi connectivity index (χ1) is 13.0. The van der Waals surface area contributed by atoms with Crippen LogP contribution in [0.4, 0.5) is 4.39 Å². The maximum absolute atomic E-state index is 13.2. The molecule has 1 aliphatic carbocycles. The zero-order valence-corrected chi connectivity index (χ0v) is 15.8. The quantitative estimate of drug-likeness (QED) is 0.830. The number of nitrogens with zero attached hydrogens (tertiary/aromatic N) is 4. The fourth-order valence-corrected chi connectivity index (χ4v) is 4.11. The Bertz CT molecular complexity index is 812. The number of rotatable bonds is 3. The Morgan fingerprint density at radius 3 is 2.70 bits per heavy atom. The van der Waals surface area contributed by atoms with Crippen LogP contribution in [-0.2, 0) is 9.53 Å². The van der Waals surface area contributed by atoms with E-state index in [4.69, 9.17) is 4.74 Å². The molecule has 2 fully saturated rings. The fraction of sp³-hybridized carbons (Fsp3) is 0.550. The van der Waals surface area contributed by atoms with Crippen molar-refractivity contribution in [1.29, 1.82) is 0 Å². The van der Waals surface area contributed by atoms with Crippen LogP contribution in [0, 0.1) is 11.7 Å². The van der Waals surface area contributed by atoms with E-state index in [1.165, 1.54) is 10.9 Å². The van der Waals surface area contributed by atoms with Gasteiger partial charge < -0.3 is 9.64 Å². The number of ether oxygens (including phenoxy) is 1. The van der Waals surface area contributed by atoms with Gasteiger partial charge in [0, 0.05) is 12.7 Å². The molecule has 0 bridgehead atoms. The lowest BCUT2D eigenvalue weighted by molar-refractivity contribution is -0.182. The highest BCUT2D eigenvalue weighted by Crippen LogP contribution is 2.39. The second-order valence-electron chi connectivity index (χ2n) is 7.75. The molecule has 0 radical (unpaired) electrons. The summed E-state index contributed by atoms with van der Waals surface area (Å²) in [6.07, 6.45) is 7.84. The van der Waals surface area contributed by atoms with Crippen molar-refractivity contribution in [3.63, 3.8) is 0 Å². The van der Waals surface area contributed by atoms with Crippen LogP contribution in [0.15, 0.2) is 30.7 Å². The van der Waals surface area contributed by atoms with Gasteiger partial charge in [-0.05, 0) is 50.2 Å². The van der Waals surface area contributed by atoms with Gasteiger partial charge >= 0.3 is 0 Å². The van der Waals surface area contributed by atoms with E-state index >= 15 is 0 Å². The number of hydrogen-bond donors (Lipinski definition) is 0. The number of halogens is 1. The van der Waals surface area contributed by atoms with E-state index in [-0.39, 0.29) is 11.9 Å². The highest BCUT2D eigenvalue weighted by atomic mass is 19.1. The van der Waals surface area contributed by atoms with Crippen LogP contribution in [0.25, 0.3) is 5.82 Å². The summed E-state index contributed by atoms with van der Waals surface area (Å²) in [4.78, 5) is 19.5. The van der Waals surface area contributed by atoms with Crippen LogP contribution in [0.1, 0.15) is 51.1 Å². The van der Waals surface area contributed by atoms with Gasteiger partial charge in [0.05, 0.1) is 25.0 Å². The summed E-state index contributed by atoms with van der Waals surface area (Å²) >= 11 is 0. The summed E-state index contributed by atoms with van der Waals surface area (Å²) in [6, 6.07) is 3.63. The van der Waals surface area contributed by atoms with Crippen LogP contribution < -0.4 is 0 Å². The van der Waals surface area contributed by atoms with Gasteiger partial charge in [-0.1, -0.05) is 13.0 Å². The maximum Gasteiger partial charge on any atom is 0.255 e. The molecule has 1 amide bonds. The van der Waals surface area contributed by atoms with Crippen LogP contribution in [0.3, 0.4) is 0 Å². The van der Waals surface area contributed by atoms with Gasteiger partial charge in [0.2, 0.25) is 0 Å². The van der Waals surface area contributed by atoms with E-state index in [2.05, 4.69) is 17.0 Å². The van der Waals surface area contributed by atoms with E-state index in [9.17, 15) is 9.18 Å². The van der Waals surface area contributed by atoms with Crippen molar-refractivity contribution < 1.29 is 13.9 Å². The molecule has 1 spiro atoms. The third kappa shape index (κ3) is 3.36. The Kier molecular flexibility index (Phi) is 4.72. The van der Waals surface area contributed by atoms with Gasteiger partial charge in [-0.3, -0.25) is 4.79 Å². The lowest BCUT2D eigenvalue weighted by Crippen LogP contribution is -2.58. The molecule has 144 valence electrons. The van der Waals surface area contributed by atoms with Crippen molar-refractivity contribution in [2.45, 2.75) is 51.2 Å². The molecule has 2 aliphatic rings. The Balaban J connectivity index is 1.51. The van der Waals surface area contributed by atoms with Gasteiger partial charge in [0.15, 0.2) is 11.6 Å². The van der Waals surface area contributed by atoms with Crippen molar-refractivity contribution >= 4 is 5.91 Å². The van der Waals surface area contributed by atoms with E-state index in [0.29, 0.717) is 24.9 Å². The average molecular weight is 372 g/mol. The molecule has 1 saturated heterocycles. The van der Waals surface area contributed by atoms with E-state index in [0.717, 1.165) is 37.4 Å². The van der Waals surface area contributed by atoms with E-state index in [1.54, 1.807) is 12.3 Å². The number of amides is 1. The Hall–Kier alpha value is -2.28. The van der Waals surface area contributed by atoms with Crippen molar-refractivity contribution in [2.24, 2.45) is 5.92 Å². The molecule has 2 aromatic heterocycles. The predicted octanol–water partition coefficient (Wildman–Crippen LogP) is 3.28. The maximum atomic E-state index is 13.2. The van der Waals surface area contributed by atoms with Crippen molar-refractivity contribution in [3.05, 3.63) is 42.1 Å². The molecule has 1 saturated carbocycles. The average Bonchev–Trinajstić information content (AvgIpc) is 3.12. The Morgan fingerprint density at radius 1 is 1.30 bits per heavy atom. The number of morpholine rings is 1. The molecule has 2 aromatic rings. The number of aromatic nitrogens is 3. The number of carbonyl (C=O) groups excluding carboxylic acids is 1. The molecule has 3 heterocycles. The molecule has 6 nitrogen and oxygen atoms in total. The third-order valence-electron chi connectivity index (χ3n) is 5.95. The summed E-state index contributed by atoms with van der Waals surface area (Å²) < 4.78 is 20.5. The Morgan fingerprint density at radius 2 is 2.07 bits per heavy atom. The second-order valence-corrected chi connectivity index (χ2v) is 7.75. The first-order valence-electron chi connectivity index (χ1n) is 9.60. The molecule has 7 heteroatoms. The van der Waals surface area contributed by atoms with Gasteiger partial charge in [-0.25, -0.2) is 14.1 Å². The monoisotopic (exact) mass is 372 g/mol. The fourth-order valence-electron chi connectivity index (χ4n) is 4.11. The zero-order valence-electron chi connectivity index (χ0n) is 15.8. The minimum Gasteiger partial charge on any atom is -0.363 e. The van der Waals surface area contributed by atoms with Crippen LogP contribution in [0.2, 0.25) is 0 Å². The smallest absolute Gasteiger partial charge is 0.255 e. The predicted molar refractivity (Wildman–Crippen MR) is 97.8 cm³/mol. The molecule has 0 unspecified atom stereocenters. The van der Waals surface area contributed by atoms with Crippen LogP contribution in [-0.4, -0.2) is 44.3 Å². The van der Waals surface area contributed by atoms with Crippen LogP contribution in [0.5, 0.6) is 0 Å². The first-order valence-corrected chi connectivity index (χ1v) is 9.60. The number of hydrogen-bond acceptors (Lipinski definition) is 4.